The summed E-state index contributed by atoms with van der Waals surface area (Å²) in [6.07, 6.45) is 0.172. The number of ether oxygens (including phenoxy) is 2. The Morgan fingerprint density at radius 2 is 1.81 bits per heavy atom. The molecule has 0 fully saturated rings. The third-order valence-corrected chi connectivity index (χ3v) is 3.75. The predicted octanol–water partition coefficient (Wildman–Crippen LogP) is 3.05. The molecule has 2 aromatic carbocycles. The number of carbonyl (C=O) groups excluding carboxylic acids is 2. The number of esters is 1. The molecule has 2 rings (SSSR count). The SMILES string of the molecule is COC(=O)C(Cc1ccc(F)cc1)NC(=O)Nc1cc(C)ccc1OC. The average Bonchev–Trinajstić information content (AvgIpc) is 2.62. The summed E-state index contributed by atoms with van der Waals surface area (Å²) in [4.78, 5) is 24.3. The van der Waals surface area contributed by atoms with Gasteiger partial charge in [-0.25, -0.2) is 14.0 Å². The lowest BCUT2D eigenvalue weighted by molar-refractivity contribution is -0.142. The molecule has 0 aliphatic carbocycles. The Bertz CT molecular complexity index is 778. The van der Waals surface area contributed by atoms with Crippen molar-refractivity contribution < 1.29 is 23.5 Å². The minimum absolute atomic E-state index is 0.172. The molecule has 0 aliphatic rings. The van der Waals surface area contributed by atoms with Crippen LogP contribution in [0.3, 0.4) is 0 Å². The molecule has 0 aromatic heterocycles. The van der Waals surface area contributed by atoms with Gasteiger partial charge in [0.2, 0.25) is 0 Å². The lowest BCUT2D eigenvalue weighted by atomic mass is 10.1. The van der Waals surface area contributed by atoms with E-state index in [0.29, 0.717) is 17.0 Å². The van der Waals surface area contributed by atoms with Crippen LogP contribution in [0.1, 0.15) is 11.1 Å². The van der Waals surface area contributed by atoms with E-state index < -0.39 is 18.0 Å². The Kier molecular flexibility index (Phi) is 6.54. The minimum atomic E-state index is -0.915. The molecule has 0 radical (unpaired) electrons. The standard InChI is InChI=1S/C19H21FN2O4/c1-12-4-9-17(25-2)15(10-12)21-19(24)22-16(18(23)26-3)11-13-5-7-14(20)8-6-13/h4-10,16H,11H2,1-3H3,(H2,21,22,24). The Morgan fingerprint density at radius 1 is 1.12 bits per heavy atom. The number of carbonyl (C=O) groups is 2. The first-order valence-electron chi connectivity index (χ1n) is 7.97. The molecule has 2 aromatic rings. The second kappa shape index (κ2) is 8.84. The normalized spacial score (nSPS) is 11.4. The molecule has 1 atom stereocenters. The zero-order valence-electron chi connectivity index (χ0n) is 14.8. The van der Waals surface area contributed by atoms with Crippen LogP contribution in [0.15, 0.2) is 42.5 Å². The smallest absolute Gasteiger partial charge is 0.328 e. The van der Waals surface area contributed by atoms with Crippen LogP contribution < -0.4 is 15.4 Å². The van der Waals surface area contributed by atoms with Gasteiger partial charge >= 0.3 is 12.0 Å². The maximum absolute atomic E-state index is 13.0. The zero-order chi connectivity index (χ0) is 19.1. The Labute approximate surface area is 151 Å². The van der Waals surface area contributed by atoms with Gasteiger partial charge in [0.1, 0.15) is 17.6 Å². The molecule has 138 valence electrons. The summed E-state index contributed by atoms with van der Waals surface area (Å²) >= 11 is 0. The second-order valence-electron chi connectivity index (χ2n) is 5.71. The van der Waals surface area contributed by atoms with E-state index in [0.717, 1.165) is 5.56 Å². The monoisotopic (exact) mass is 360 g/mol. The molecular formula is C19H21FN2O4. The number of hydrogen-bond acceptors (Lipinski definition) is 4. The first-order chi connectivity index (χ1) is 12.4. The number of anilines is 1. The van der Waals surface area contributed by atoms with Crippen molar-refractivity contribution in [2.75, 3.05) is 19.5 Å². The Balaban J connectivity index is 2.10. The van der Waals surface area contributed by atoms with Crippen LogP contribution in [0.2, 0.25) is 0 Å². The lowest BCUT2D eigenvalue weighted by Gasteiger charge is -2.18. The molecule has 7 heteroatoms. The number of halogens is 1. The third-order valence-electron chi connectivity index (χ3n) is 3.75. The molecule has 6 nitrogen and oxygen atoms in total. The van der Waals surface area contributed by atoms with E-state index in [1.807, 2.05) is 13.0 Å². The molecule has 0 heterocycles. The summed E-state index contributed by atoms with van der Waals surface area (Å²) in [5.41, 5.74) is 2.11. The largest absolute Gasteiger partial charge is 0.495 e. The van der Waals surface area contributed by atoms with Gasteiger partial charge in [-0.15, -0.1) is 0 Å². The van der Waals surface area contributed by atoms with E-state index in [9.17, 15) is 14.0 Å². The van der Waals surface area contributed by atoms with Crippen molar-refractivity contribution in [3.8, 4) is 5.75 Å². The van der Waals surface area contributed by atoms with Crippen LogP contribution in [0.4, 0.5) is 14.9 Å². The van der Waals surface area contributed by atoms with Crippen LogP contribution in [-0.4, -0.2) is 32.3 Å². The number of benzene rings is 2. The molecule has 0 aliphatic heterocycles. The van der Waals surface area contributed by atoms with Crippen LogP contribution in [0.5, 0.6) is 5.75 Å². The van der Waals surface area contributed by atoms with Gasteiger partial charge in [-0.1, -0.05) is 18.2 Å². The van der Waals surface area contributed by atoms with Crippen LogP contribution in [0, 0.1) is 12.7 Å². The highest BCUT2D eigenvalue weighted by Crippen LogP contribution is 2.25. The molecule has 1 unspecified atom stereocenters. The van der Waals surface area contributed by atoms with E-state index in [4.69, 9.17) is 9.47 Å². The fourth-order valence-corrected chi connectivity index (χ4v) is 2.43. The zero-order valence-corrected chi connectivity index (χ0v) is 14.8. The van der Waals surface area contributed by atoms with Crippen molar-refractivity contribution in [2.45, 2.75) is 19.4 Å². The van der Waals surface area contributed by atoms with E-state index in [1.165, 1.54) is 26.4 Å². The molecule has 0 saturated heterocycles. The van der Waals surface area contributed by atoms with Crippen molar-refractivity contribution in [2.24, 2.45) is 0 Å². The van der Waals surface area contributed by atoms with Gasteiger partial charge in [-0.3, -0.25) is 0 Å². The number of hydrogen-bond donors (Lipinski definition) is 2. The molecule has 0 saturated carbocycles. The van der Waals surface area contributed by atoms with Gasteiger partial charge in [-0.05, 0) is 42.3 Å². The van der Waals surface area contributed by atoms with E-state index in [1.54, 1.807) is 24.3 Å². The summed E-state index contributed by atoms with van der Waals surface area (Å²) in [7, 11) is 2.74. The summed E-state index contributed by atoms with van der Waals surface area (Å²) < 4.78 is 23.0. The highest BCUT2D eigenvalue weighted by atomic mass is 19.1. The fraction of sp³-hybridized carbons (Fsp3) is 0.263. The third kappa shape index (κ3) is 5.20. The van der Waals surface area contributed by atoms with Gasteiger partial charge in [0.25, 0.3) is 0 Å². The van der Waals surface area contributed by atoms with Gasteiger partial charge < -0.3 is 20.1 Å². The molecule has 2 amide bonds. The van der Waals surface area contributed by atoms with Crippen LogP contribution in [-0.2, 0) is 16.0 Å². The highest BCUT2D eigenvalue weighted by Gasteiger charge is 2.22. The predicted molar refractivity (Wildman–Crippen MR) is 95.8 cm³/mol. The Morgan fingerprint density at radius 3 is 2.42 bits per heavy atom. The number of rotatable bonds is 6. The van der Waals surface area contributed by atoms with Crippen LogP contribution in [0.25, 0.3) is 0 Å². The number of nitrogens with one attached hydrogen (secondary N) is 2. The van der Waals surface area contributed by atoms with Crippen LogP contribution >= 0.6 is 0 Å². The fourth-order valence-electron chi connectivity index (χ4n) is 2.43. The van der Waals surface area contributed by atoms with Crippen molar-refractivity contribution in [1.82, 2.24) is 5.32 Å². The van der Waals surface area contributed by atoms with E-state index >= 15 is 0 Å². The first-order valence-corrected chi connectivity index (χ1v) is 7.97. The van der Waals surface area contributed by atoms with Crippen molar-refractivity contribution in [3.05, 3.63) is 59.4 Å². The number of urea groups is 1. The maximum atomic E-state index is 13.0. The lowest BCUT2D eigenvalue weighted by Crippen LogP contribution is -2.45. The van der Waals surface area contributed by atoms with Crippen molar-refractivity contribution in [3.63, 3.8) is 0 Å². The van der Waals surface area contributed by atoms with Gasteiger partial charge in [0, 0.05) is 6.42 Å². The number of aryl methyl sites for hydroxylation is 1. The van der Waals surface area contributed by atoms with Gasteiger partial charge in [0.05, 0.1) is 19.9 Å². The Hall–Kier alpha value is -3.09. The van der Waals surface area contributed by atoms with Gasteiger partial charge in [-0.2, -0.15) is 0 Å². The molecule has 2 N–H and O–H groups in total. The summed E-state index contributed by atoms with van der Waals surface area (Å²) in [6, 6.07) is 9.54. The second-order valence-corrected chi connectivity index (χ2v) is 5.71. The maximum Gasteiger partial charge on any atom is 0.328 e. The molecule has 0 bridgehead atoms. The summed E-state index contributed by atoms with van der Waals surface area (Å²) in [5, 5.41) is 5.24. The quantitative estimate of drug-likeness (QED) is 0.777. The minimum Gasteiger partial charge on any atom is -0.495 e. The summed E-state index contributed by atoms with van der Waals surface area (Å²) in [5.74, 6) is -0.472. The van der Waals surface area contributed by atoms with Crippen molar-refractivity contribution >= 4 is 17.7 Å². The molecule has 0 spiro atoms. The van der Waals surface area contributed by atoms with Crippen molar-refractivity contribution in [1.29, 1.82) is 0 Å². The molecule has 26 heavy (non-hydrogen) atoms. The van der Waals surface area contributed by atoms with Gasteiger partial charge in [0.15, 0.2) is 0 Å². The first kappa shape index (κ1) is 19.2. The highest BCUT2D eigenvalue weighted by molar-refractivity contribution is 5.94. The van der Waals surface area contributed by atoms with E-state index in [2.05, 4.69) is 10.6 Å². The number of methoxy groups -OCH3 is 2. The average molecular weight is 360 g/mol. The molecular weight excluding hydrogens is 339 g/mol. The topological polar surface area (TPSA) is 76.7 Å². The van der Waals surface area contributed by atoms with E-state index in [-0.39, 0.29) is 12.2 Å². The number of amides is 2. The summed E-state index contributed by atoms with van der Waals surface area (Å²) in [6.45, 7) is 1.88.